The van der Waals surface area contributed by atoms with E-state index in [1.807, 2.05) is 12.1 Å². The van der Waals surface area contributed by atoms with E-state index in [0.29, 0.717) is 5.15 Å². The van der Waals surface area contributed by atoms with Gasteiger partial charge in [-0.05, 0) is 23.9 Å². The summed E-state index contributed by atoms with van der Waals surface area (Å²) in [6, 6.07) is 8.14. The molecule has 2 nitrogen and oxygen atoms in total. The number of hydrogen-bond acceptors (Lipinski definition) is 3. The van der Waals surface area contributed by atoms with Crippen LogP contribution in [0.1, 0.15) is 10.4 Å². The van der Waals surface area contributed by atoms with Crippen LogP contribution in [0.3, 0.4) is 0 Å². The molecule has 0 aliphatic carbocycles. The van der Waals surface area contributed by atoms with E-state index < -0.39 is 0 Å². The van der Waals surface area contributed by atoms with E-state index in [9.17, 15) is 0 Å². The van der Waals surface area contributed by atoms with Crippen LogP contribution >= 0.6 is 22.9 Å². The number of halogens is 1. The maximum Gasteiger partial charge on any atom is 0.133 e. The third-order valence-corrected chi connectivity index (χ3v) is 3.56. The van der Waals surface area contributed by atoms with Crippen LogP contribution in [0.4, 0.5) is 0 Å². The monoisotopic (exact) mass is 252 g/mol. The van der Waals surface area contributed by atoms with Gasteiger partial charge in [-0.1, -0.05) is 23.7 Å². The zero-order valence-electron chi connectivity index (χ0n) is 8.82. The Balaban J connectivity index is 1.74. The summed E-state index contributed by atoms with van der Waals surface area (Å²) in [5.41, 5.74) is 1.05. The zero-order chi connectivity index (χ0) is 11.2. The van der Waals surface area contributed by atoms with Gasteiger partial charge in [0.05, 0.1) is 0 Å². The summed E-state index contributed by atoms with van der Waals surface area (Å²) < 4.78 is 0. The predicted octanol–water partition coefficient (Wildman–Crippen LogP) is 3.13. The molecule has 0 radical (unpaired) electrons. The number of hydrogen-bond donors (Lipinski definition) is 1. The van der Waals surface area contributed by atoms with Crippen LogP contribution in [0.2, 0.25) is 5.15 Å². The van der Waals surface area contributed by atoms with E-state index in [-0.39, 0.29) is 0 Å². The number of aromatic nitrogens is 1. The molecule has 2 heterocycles. The van der Waals surface area contributed by atoms with Crippen LogP contribution in [0, 0.1) is 0 Å². The van der Waals surface area contributed by atoms with Gasteiger partial charge in [-0.15, -0.1) is 11.3 Å². The molecule has 2 aromatic rings. The molecule has 0 aromatic carbocycles. The second-order valence-corrected chi connectivity index (χ2v) is 4.85. The molecule has 0 spiro atoms. The molecule has 0 atom stereocenters. The molecule has 0 saturated carbocycles. The summed E-state index contributed by atoms with van der Waals surface area (Å²) in [6.07, 6.45) is 2.77. The van der Waals surface area contributed by atoms with Gasteiger partial charge in [0, 0.05) is 29.7 Å². The van der Waals surface area contributed by atoms with Crippen molar-refractivity contribution in [1.29, 1.82) is 0 Å². The minimum atomic E-state index is 0.589. The van der Waals surface area contributed by atoms with Crippen LogP contribution in [0.25, 0.3) is 0 Å². The van der Waals surface area contributed by atoms with Gasteiger partial charge in [0.25, 0.3) is 0 Å². The normalized spacial score (nSPS) is 10.6. The number of nitrogens with zero attached hydrogens (tertiary/aromatic N) is 1. The van der Waals surface area contributed by atoms with E-state index in [1.165, 1.54) is 4.88 Å². The lowest BCUT2D eigenvalue weighted by atomic mass is 10.3. The quantitative estimate of drug-likeness (QED) is 0.653. The third kappa shape index (κ3) is 3.30. The van der Waals surface area contributed by atoms with Crippen molar-refractivity contribution in [1.82, 2.24) is 10.3 Å². The highest BCUT2D eigenvalue weighted by atomic mass is 35.5. The van der Waals surface area contributed by atoms with Gasteiger partial charge in [-0.25, -0.2) is 4.98 Å². The van der Waals surface area contributed by atoms with Crippen molar-refractivity contribution >= 4 is 22.9 Å². The molecule has 0 fully saturated rings. The Morgan fingerprint density at radius 3 is 3.00 bits per heavy atom. The third-order valence-electron chi connectivity index (χ3n) is 2.28. The minimum absolute atomic E-state index is 0.589. The molecular formula is C12H13ClN2S. The Morgan fingerprint density at radius 2 is 2.25 bits per heavy atom. The van der Waals surface area contributed by atoms with Crippen LogP contribution < -0.4 is 5.32 Å². The SMILES string of the molecule is Clc1ncccc1CNCCc1cccs1. The van der Waals surface area contributed by atoms with E-state index in [1.54, 1.807) is 17.5 Å². The average Bonchev–Trinajstić information content (AvgIpc) is 2.79. The van der Waals surface area contributed by atoms with Gasteiger partial charge in [0.15, 0.2) is 0 Å². The van der Waals surface area contributed by atoms with Crippen molar-refractivity contribution in [2.24, 2.45) is 0 Å². The standard InChI is InChI=1S/C12H13ClN2S/c13-12-10(3-1-6-15-12)9-14-7-5-11-4-2-8-16-11/h1-4,6,8,14H,5,7,9H2. The molecule has 1 N–H and O–H groups in total. The first kappa shape index (κ1) is 11.6. The van der Waals surface area contributed by atoms with Crippen molar-refractivity contribution in [3.8, 4) is 0 Å². The van der Waals surface area contributed by atoms with Crippen molar-refractivity contribution in [2.45, 2.75) is 13.0 Å². The van der Waals surface area contributed by atoms with Gasteiger partial charge in [0.1, 0.15) is 5.15 Å². The van der Waals surface area contributed by atoms with E-state index in [4.69, 9.17) is 11.6 Å². The topological polar surface area (TPSA) is 24.9 Å². The van der Waals surface area contributed by atoms with E-state index >= 15 is 0 Å². The smallest absolute Gasteiger partial charge is 0.133 e. The summed E-state index contributed by atoms with van der Waals surface area (Å²) in [4.78, 5) is 5.44. The van der Waals surface area contributed by atoms with Gasteiger partial charge >= 0.3 is 0 Å². The highest BCUT2D eigenvalue weighted by Gasteiger charge is 1.99. The lowest BCUT2D eigenvalue weighted by Crippen LogP contribution is -2.16. The maximum atomic E-state index is 5.95. The first-order valence-corrected chi connectivity index (χ1v) is 6.44. The van der Waals surface area contributed by atoms with Gasteiger partial charge in [-0.2, -0.15) is 0 Å². The fourth-order valence-electron chi connectivity index (χ4n) is 1.44. The largest absolute Gasteiger partial charge is 0.312 e. The van der Waals surface area contributed by atoms with Crippen LogP contribution in [0.5, 0.6) is 0 Å². The lowest BCUT2D eigenvalue weighted by molar-refractivity contribution is 0.689. The fraction of sp³-hybridized carbons (Fsp3) is 0.250. The lowest BCUT2D eigenvalue weighted by Gasteiger charge is -2.04. The molecule has 0 aliphatic heterocycles. The molecule has 0 aliphatic rings. The molecule has 0 bridgehead atoms. The first-order chi connectivity index (χ1) is 7.86. The Labute approximate surface area is 104 Å². The van der Waals surface area contributed by atoms with Gasteiger partial charge < -0.3 is 5.32 Å². The van der Waals surface area contributed by atoms with Crippen molar-refractivity contribution < 1.29 is 0 Å². The Morgan fingerprint density at radius 1 is 1.31 bits per heavy atom. The molecule has 16 heavy (non-hydrogen) atoms. The summed E-state index contributed by atoms with van der Waals surface area (Å²) >= 11 is 7.75. The molecule has 0 unspecified atom stereocenters. The van der Waals surface area contributed by atoms with Crippen LogP contribution in [0.15, 0.2) is 35.8 Å². The number of thiophene rings is 1. The molecule has 2 aromatic heterocycles. The fourth-order valence-corrected chi connectivity index (χ4v) is 2.34. The first-order valence-electron chi connectivity index (χ1n) is 5.19. The minimum Gasteiger partial charge on any atom is -0.312 e. The number of rotatable bonds is 5. The molecule has 84 valence electrons. The maximum absolute atomic E-state index is 5.95. The summed E-state index contributed by atoms with van der Waals surface area (Å²) in [7, 11) is 0. The van der Waals surface area contributed by atoms with Crippen LogP contribution in [-0.4, -0.2) is 11.5 Å². The van der Waals surface area contributed by atoms with E-state index in [0.717, 1.165) is 25.1 Å². The van der Waals surface area contributed by atoms with Gasteiger partial charge in [0.2, 0.25) is 0 Å². The summed E-state index contributed by atoms with van der Waals surface area (Å²) in [6.45, 7) is 1.74. The Kier molecular flexibility index (Phi) is 4.34. The van der Waals surface area contributed by atoms with Gasteiger partial charge in [-0.3, -0.25) is 0 Å². The van der Waals surface area contributed by atoms with Crippen molar-refractivity contribution in [3.05, 3.63) is 51.4 Å². The highest BCUT2D eigenvalue weighted by molar-refractivity contribution is 7.09. The highest BCUT2D eigenvalue weighted by Crippen LogP contribution is 2.11. The Bertz CT molecular complexity index is 428. The van der Waals surface area contributed by atoms with E-state index in [2.05, 4.69) is 27.8 Å². The second-order valence-electron chi connectivity index (χ2n) is 3.46. The summed E-state index contributed by atoms with van der Waals surface area (Å²) in [5.74, 6) is 0. The second kappa shape index (κ2) is 5.99. The molecule has 2 rings (SSSR count). The Hall–Kier alpha value is -0.900. The van der Waals surface area contributed by atoms with Crippen LogP contribution in [-0.2, 0) is 13.0 Å². The molecule has 4 heteroatoms. The number of pyridine rings is 1. The average molecular weight is 253 g/mol. The molecule has 0 amide bonds. The van der Waals surface area contributed by atoms with Crippen molar-refractivity contribution in [3.63, 3.8) is 0 Å². The zero-order valence-corrected chi connectivity index (χ0v) is 10.4. The number of nitrogens with one attached hydrogen (secondary N) is 1. The molecule has 0 saturated heterocycles. The van der Waals surface area contributed by atoms with Crippen molar-refractivity contribution in [2.75, 3.05) is 6.54 Å². The summed E-state index contributed by atoms with van der Waals surface area (Å²) in [5, 5.41) is 6.06. The molecular weight excluding hydrogens is 240 g/mol. The predicted molar refractivity (Wildman–Crippen MR) is 69.0 cm³/mol.